The van der Waals surface area contributed by atoms with E-state index in [9.17, 15) is 0 Å². The highest BCUT2D eigenvalue weighted by Crippen LogP contribution is 2.49. The Balaban J connectivity index is 1.14. The van der Waals surface area contributed by atoms with Crippen LogP contribution in [0.2, 0.25) is 0 Å². The molecule has 0 radical (unpaired) electrons. The van der Waals surface area contributed by atoms with Crippen molar-refractivity contribution >= 4 is 71.6 Å². The van der Waals surface area contributed by atoms with Crippen molar-refractivity contribution in [3.63, 3.8) is 0 Å². The van der Waals surface area contributed by atoms with E-state index in [4.69, 9.17) is 4.42 Å². The summed E-state index contributed by atoms with van der Waals surface area (Å²) >= 11 is 0. The van der Waals surface area contributed by atoms with Crippen molar-refractivity contribution in [3.05, 3.63) is 230 Å². The first kappa shape index (κ1) is 42.2. The SMILES string of the molecule is CC(C)(C)c1cc(-c2cccc3cccc(-c4ccccc4N(c4ccc5c6ccccc6n(-c6ccccc6)c5c4)c4ccccc4-c4ccc5oc6ccccc6c5c4)c23)cc(C(C)(C)C)c1. The number of furan rings is 1. The van der Waals surface area contributed by atoms with Crippen LogP contribution in [0.3, 0.4) is 0 Å². The first-order valence-corrected chi connectivity index (χ1v) is 24.2. The van der Waals surface area contributed by atoms with Gasteiger partial charge in [-0.15, -0.1) is 0 Å². The second-order valence-electron chi connectivity index (χ2n) is 20.6. The molecule has 12 aromatic rings. The number of para-hydroxylation sites is 5. The second kappa shape index (κ2) is 16.3. The van der Waals surface area contributed by atoms with Crippen LogP contribution in [0.25, 0.3) is 93.6 Å². The molecule has 0 N–H and O–H groups in total. The lowest BCUT2D eigenvalue weighted by molar-refractivity contribution is 0.569. The normalized spacial score (nSPS) is 12.2. The van der Waals surface area contributed by atoms with Gasteiger partial charge in [-0.2, -0.15) is 0 Å². The van der Waals surface area contributed by atoms with Gasteiger partial charge in [-0.25, -0.2) is 0 Å². The number of benzene rings is 10. The van der Waals surface area contributed by atoms with Crippen LogP contribution < -0.4 is 4.90 Å². The molecule has 12 rings (SSSR count). The Bertz CT molecular complexity index is 3890. The number of aromatic nitrogens is 1. The van der Waals surface area contributed by atoms with Gasteiger partial charge in [0.25, 0.3) is 0 Å². The summed E-state index contributed by atoms with van der Waals surface area (Å²) in [4.78, 5) is 2.49. The van der Waals surface area contributed by atoms with Crippen molar-refractivity contribution in [2.45, 2.75) is 52.4 Å². The largest absolute Gasteiger partial charge is 0.456 e. The van der Waals surface area contributed by atoms with Gasteiger partial charge in [0.15, 0.2) is 0 Å². The molecule has 3 heteroatoms. The summed E-state index contributed by atoms with van der Waals surface area (Å²) in [6.45, 7) is 13.9. The van der Waals surface area contributed by atoms with E-state index in [0.29, 0.717) is 0 Å². The number of hydrogen-bond acceptors (Lipinski definition) is 2. The summed E-state index contributed by atoms with van der Waals surface area (Å²) in [5.74, 6) is 0. The first-order chi connectivity index (χ1) is 33.5. The molecule has 0 fully saturated rings. The quantitative estimate of drug-likeness (QED) is 0.159. The highest BCUT2D eigenvalue weighted by molar-refractivity contribution is 6.13. The van der Waals surface area contributed by atoms with E-state index >= 15 is 0 Å². The van der Waals surface area contributed by atoms with Crippen LogP contribution in [0.1, 0.15) is 52.7 Å². The fourth-order valence-corrected chi connectivity index (χ4v) is 10.5. The van der Waals surface area contributed by atoms with E-state index in [1.165, 1.54) is 54.9 Å². The van der Waals surface area contributed by atoms with E-state index in [0.717, 1.165) is 66.9 Å². The van der Waals surface area contributed by atoms with Gasteiger partial charge in [-0.05, 0) is 116 Å². The Morgan fingerprint density at radius 2 is 0.957 bits per heavy atom. The molecular weight excluding hydrogens is 837 g/mol. The minimum atomic E-state index is -0.0214. The minimum absolute atomic E-state index is 0.0214. The molecule has 0 amide bonds. The highest BCUT2D eigenvalue weighted by Gasteiger charge is 2.26. The molecule has 2 aromatic heterocycles. The third-order valence-electron chi connectivity index (χ3n) is 14.1. The molecule has 10 aromatic carbocycles. The van der Waals surface area contributed by atoms with Crippen LogP contribution in [0, 0.1) is 0 Å². The fourth-order valence-electron chi connectivity index (χ4n) is 10.5. The summed E-state index contributed by atoms with van der Waals surface area (Å²) in [5, 5.41) is 7.10. The van der Waals surface area contributed by atoms with Crippen LogP contribution in [0.4, 0.5) is 17.1 Å². The van der Waals surface area contributed by atoms with Gasteiger partial charge in [0, 0.05) is 44.0 Å². The zero-order valence-corrected chi connectivity index (χ0v) is 40.1. The average molecular weight is 891 g/mol. The van der Waals surface area contributed by atoms with Crippen LogP contribution in [0.5, 0.6) is 0 Å². The predicted octanol–water partition coefficient (Wildman–Crippen LogP) is 18.9. The van der Waals surface area contributed by atoms with Crippen LogP contribution in [-0.4, -0.2) is 4.57 Å². The maximum absolute atomic E-state index is 6.35. The summed E-state index contributed by atoms with van der Waals surface area (Å²) in [6, 6.07) is 80.2. The van der Waals surface area contributed by atoms with Gasteiger partial charge < -0.3 is 13.9 Å². The van der Waals surface area contributed by atoms with E-state index in [2.05, 4.69) is 263 Å². The second-order valence-corrected chi connectivity index (χ2v) is 20.6. The molecule has 0 aliphatic carbocycles. The van der Waals surface area contributed by atoms with Crippen LogP contribution >= 0.6 is 0 Å². The molecule has 0 unspecified atom stereocenters. The van der Waals surface area contributed by atoms with E-state index in [1.54, 1.807) is 0 Å². The summed E-state index contributed by atoms with van der Waals surface area (Å²) < 4.78 is 8.76. The van der Waals surface area contributed by atoms with E-state index in [1.807, 2.05) is 6.07 Å². The van der Waals surface area contributed by atoms with Gasteiger partial charge in [0.2, 0.25) is 0 Å². The molecule has 0 spiro atoms. The third-order valence-corrected chi connectivity index (χ3v) is 14.1. The number of hydrogen-bond donors (Lipinski definition) is 0. The molecule has 2 heterocycles. The minimum Gasteiger partial charge on any atom is -0.456 e. The number of rotatable bonds is 7. The molecule has 69 heavy (non-hydrogen) atoms. The molecule has 0 saturated heterocycles. The number of nitrogens with zero attached hydrogens (tertiary/aromatic N) is 2. The number of fused-ring (bicyclic) bond motifs is 7. The molecule has 3 nitrogen and oxygen atoms in total. The van der Waals surface area contributed by atoms with Crippen molar-refractivity contribution in [2.75, 3.05) is 4.90 Å². The smallest absolute Gasteiger partial charge is 0.135 e. The third kappa shape index (κ3) is 7.28. The van der Waals surface area contributed by atoms with E-state index < -0.39 is 0 Å². The van der Waals surface area contributed by atoms with Crippen molar-refractivity contribution < 1.29 is 4.42 Å². The molecule has 0 aliphatic heterocycles. The molecule has 334 valence electrons. The molecular formula is C66H54N2O. The average Bonchev–Trinajstić information content (AvgIpc) is 3.91. The lowest BCUT2D eigenvalue weighted by Gasteiger charge is -2.30. The molecule has 0 saturated carbocycles. The predicted molar refractivity (Wildman–Crippen MR) is 294 cm³/mol. The lowest BCUT2D eigenvalue weighted by atomic mass is 9.78. The molecule has 0 aliphatic rings. The monoisotopic (exact) mass is 890 g/mol. The zero-order valence-electron chi connectivity index (χ0n) is 40.1. The molecule has 0 atom stereocenters. The Morgan fingerprint density at radius 3 is 1.70 bits per heavy atom. The first-order valence-electron chi connectivity index (χ1n) is 24.2. The summed E-state index contributed by atoms with van der Waals surface area (Å²) in [6.07, 6.45) is 0. The van der Waals surface area contributed by atoms with Crippen LogP contribution in [-0.2, 0) is 10.8 Å². The van der Waals surface area contributed by atoms with Crippen molar-refractivity contribution in [2.24, 2.45) is 0 Å². The van der Waals surface area contributed by atoms with Crippen molar-refractivity contribution in [1.29, 1.82) is 0 Å². The summed E-state index contributed by atoms with van der Waals surface area (Å²) in [7, 11) is 0. The number of anilines is 3. The zero-order chi connectivity index (χ0) is 47.0. The Hall–Kier alpha value is -8.14. The van der Waals surface area contributed by atoms with E-state index in [-0.39, 0.29) is 10.8 Å². The van der Waals surface area contributed by atoms with Gasteiger partial charge in [-0.3, -0.25) is 0 Å². The van der Waals surface area contributed by atoms with Crippen LogP contribution in [0.15, 0.2) is 223 Å². The Morgan fingerprint density at radius 1 is 0.377 bits per heavy atom. The standard InChI is InChI=1S/C66H54N2O/c1-65(2,3)46-38-45(39-47(41-46)66(4,5)6)51-28-18-20-43-21-19-29-56(64(43)51)53-26-12-16-32-60(53)68(49-35-36-54-52-25-11-15-31-59(52)67(61(54)42-49)48-22-8-7-9-23-48)58-30-14-10-24-50(58)44-34-37-63-57(40-44)55-27-13-17-33-62(55)69-63/h7-42H,1-6H3. The summed E-state index contributed by atoms with van der Waals surface area (Å²) in [5.41, 5.74) is 18.1. The Labute approximate surface area is 404 Å². The topological polar surface area (TPSA) is 21.3 Å². The highest BCUT2D eigenvalue weighted by atomic mass is 16.3. The van der Waals surface area contributed by atoms with Gasteiger partial charge >= 0.3 is 0 Å². The van der Waals surface area contributed by atoms with Gasteiger partial charge in [0.1, 0.15) is 11.2 Å². The van der Waals surface area contributed by atoms with Gasteiger partial charge in [0.05, 0.1) is 22.4 Å². The lowest BCUT2D eigenvalue weighted by Crippen LogP contribution is -2.16. The van der Waals surface area contributed by atoms with Crippen molar-refractivity contribution in [3.8, 4) is 39.1 Å². The molecule has 0 bridgehead atoms. The maximum atomic E-state index is 6.35. The maximum Gasteiger partial charge on any atom is 0.135 e. The van der Waals surface area contributed by atoms with Gasteiger partial charge in [-0.1, -0.05) is 199 Å². The fraction of sp³-hybridized carbons (Fsp3) is 0.121. The van der Waals surface area contributed by atoms with Crippen molar-refractivity contribution in [1.82, 2.24) is 4.57 Å². The Kier molecular flexibility index (Phi) is 9.97.